The third-order valence-electron chi connectivity index (χ3n) is 6.54. The molecule has 1 aromatic carbocycles. The summed E-state index contributed by atoms with van der Waals surface area (Å²) in [6, 6.07) is 10.2. The number of tetrazole rings is 1. The summed E-state index contributed by atoms with van der Waals surface area (Å²) in [5.41, 5.74) is 4.79. The van der Waals surface area contributed by atoms with Gasteiger partial charge >= 0.3 is 5.69 Å². The zero-order chi connectivity index (χ0) is 25.1. The summed E-state index contributed by atoms with van der Waals surface area (Å²) < 4.78 is 5.57. The molecule has 1 unspecified atom stereocenters. The van der Waals surface area contributed by atoms with Crippen molar-refractivity contribution in [3.05, 3.63) is 83.1 Å². The highest BCUT2D eigenvalue weighted by atomic mass is 16.1. The fraction of sp³-hybridized carbons (Fsp3) is 0.308. The molecule has 0 bridgehead atoms. The Kier molecular flexibility index (Phi) is 6.57. The molecule has 0 saturated heterocycles. The largest absolute Gasteiger partial charge is 0.335 e. The number of pyridine rings is 1. The third-order valence-corrected chi connectivity index (χ3v) is 6.54. The highest BCUT2D eigenvalue weighted by molar-refractivity contribution is 5.69. The minimum atomic E-state index is -0.0998. The zero-order valence-corrected chi connectivity index (χ0v) is 20.7. The molecule has 0 fully saturated rings. The molecule has 5 aromatic rings. The first-order valence-electron chi connectivity index (χ1n) is 12.2. The van der Waals surface area contributed by atoms with E-state index in [9.17, 15) is 4.79 Å². The van der Waals surface area contributed by atoms with Crippen LogP contribution < -0.4 is 5.69 Å². The lowest BCUT2D eigenvalue weighted by molar-refractivity contribution is 0.517. The lowest BCUT2D eigenvalue weighted by atomic mass is 10.00. The molecule has 184 valence electrons. The quantitative estimate of drug-likeness (QED) is 0.338. The molecule has 0 amide bonds. The first kappa shape index (κ1) is 23.4. The van der Waals surface area contributed by atoms with E-state index in [-0.39, 0.29) is 11.7 Å². The number of rotatable bonds is 9. The van der Waals surface area contributed by atoms with E-state index >= 15 is 0 Å². The van der Waals surface area contributed by atoms with Gasteiger partial charge in [-0.2, -0.15) is 0 Å². The van der Waals surface area contributed by atoms with Crippen LogP contribution in [-0.2, 0) is 13.0 Å². The van der Waals surface area contributed by atoms with Gasteiger partial charge in [0.15, 0.2) is 5.82 Å². The van der Waals surface area contributed by atoms with Crippen LogP contribution in [0.25, 0.3) is 28.5 Å². The van der Waals surface area contributed by atoms with Crippen molar-refractivity contribution in [3.8, 4) is 28.5 Å². The van der Waals surface area contributed by atoms with E-state index in [1.165, 1.54) is 0 Å². The number of H-pyrrole nitrogens is 1. The molecule has 0 spiro atoms. The summed E-state index contributed by atoms with van der Waals surface area (Å²) in [7, 11) is 0. The van der Waals surface area contributed by atoms with Crippen molar-refractivity contribution in [3.63, 3.8) is 0 Å². The normalized spacial score (nSPS) is 12.2. The third kappa shape index (κ3) is 4.37. The predicted molar refractivity (Wildman–Crippen MR) is 137 cm³/mol. The molecule has 1 atom stereocenters. The highest BCUT2D eigenvalue weighted by Gasteiger charge is 2.19. The number of imidazole rings is 2. The van der Waals surface area contributed by atoms with Gasteiger partial charge < -0.3 is 4.57 Å². The summed E-state index contributed by atoms with van der Waals surface area (Å²) in [5.74, 6) is 1.26. The number of aromatic amines is 1. The van der Waals surface area contributed by atoms with Crippen molar-refractivity contribution in [2.24, 2.45) is 0 Å². The SMILES string of the molecule is CCCc1cn(-c2nccn2C(C)CC)c(=O)n1Cc1cnccc1-c1ccc(-c2nnn[nH]2)cc1. The van der Waals surface area contributed by atoms with Crippen molar-refractivity contribution in [1.29, 1.82) is 0 Å². The molecule has 0 saturated carbocycles. The Morgan fingerprint density at radius 1 is 1.06 bits per heavy atom. The molecule has 1 N–H and O–H groups in total. The van der Waals surface area contributed by atoms with E-state index in [1.54, 1.807) is 17.0 Å². The van der Waals surface area contributed by atoms with Crippen LogP contribution in [0, 0.1) is 0 Å². The van der Waals surface area contributed by atoms with Crippen LogP contribution in [0.15, 0.2) is 66.1 Å². The van der Waals surface area contributed by atoms with E-state index in [2.05, 4.69) is 55.9 Å². The van der Waals surface area contributed by atoms with E-state index < -0.39 is 0 Å². The van der Waals surface area contributed by atoms with Crippen LogP contribution in [0.5, 0.6) is 0 Å². The van der Waals surface area contributed by atoms with Gasteiger partial charge in [-0.15, -0.1) is 5.10 Å². The number of nitrogens with zero attached hydrogens (tertiary/aromatic N) is 8. The molecular formula is C26H29N9O. The highest BCUT2D eigenvalue weighted by Crippen LogP contribution is 2.26. The molecular weight excluding hydrogens is 454 g/mol. The summed E-state index contributed by atoms with van der Waals surface area (Å²) >= 11 is 0. The molecule has 0 radical (unpaired) electrons. The van der Waals surface area contributed by atoms with Crippen LogP contribution in [0.1, 0.15) is 50.9 Å². The maximum atomic E-state index is 13.7. The van der Waals surface area contributed by atoms with E-state index in [4.69, 9.17) is 0 Å². The van der Waals surface area contributed by atoms with Gasteiger partial charge in [-0.25, -0.2) is 19.4 Å². The number of aromatic nitrogens is 9. The first-order chi connectivity index (χ1) is 17.6. The van der Waals surface area contributed by atoms with Gasteiger partial charge in [-0.05, 0) is 52.9 Å². The number of aryl methyl sites for hydroxylation is 1. The van der Waals surface area contributed by atoms with Gasteiger partial charge in [0.05, 0.1) is 6.54 Å². The molecule has 5 rings (SSSR count). The number of nitrogens with one attached hydrogen (secondary N) is 1. The smallest absolute Gasteiger partial charge is 0.314 e. The van der Waals surface area contributed by atoms with E-state index in [1.807, 2.05) is 53.5 Å². The van der Waals surface area contributed by atoms with Gasteiger partial charge in [-0.1, -0.05) is 44.5 Å². The molecule has 10 nitrogen and oxygen atoms in total. The van der Waals surface area contributed by atoms with Crippen molar-refractivity contribution in [1.82, 2.24) is 44.3 Å². The second-order valence-electron chi connectivity index (χ2n) is 8.86. The van der Waals surface area contributed by atoms with Crippen LogP contribution in [0.3, 0.4) is 0 Å². The number of hydrogen-bond acceptors (Lipinski definition) is 6. The van der Waals surface area contributed by atoms with Gasteiger partial charge in [0.1, 0.15) is 0 Å². The average Bonchev–Trinajstić information content (AvgIpc) is 3.67. The summed E-state index contributed by atoms with van der Waals surface area (Å²) in [5, 5.41) is 14.0. The van der Waals surface area contributed by atoms with E-state index in [0.717, 1.165) is 47.2 Å². The zero-order valence-electron chi connectivity index (χ0n) is 20.7. The maximum absolute atomic E-state index is 13.7. The molecule has 0 aliphatic rings. The lowest BCUT2D eigenvalue weighted by Crippen LogP contribution is -2.27. The maximum Gasteiger partial charge on any atom is 0.335 e. The molecule has 0 aliphatic heterocycles. The van der Waals surface area contributed by atoms with Crippen LogP contribution in [-0.4, -0.2) is 44.3 Å². The van der Waals surface area contributed by atoms with Gasteiger partial charge in [0.2, 0.25) is 5.95 Å². The Balaban J connectivity index is 1.53. The van der Waals surface area contributed by atoms with Crippen LogP contribution in [0.2, 0.25) is 0 Å². The topological polar surface area (TPSA) is 112 Å². The molecule has 4 heterocycles. The monoisotopic (exact) mass is 483 g/mol. The van der Waals surface area contributed by atoms with Gasteiger partial charge in [-0.3, -0.25) is 9.55 Å². The molecule has 4 aromatic heterocycles. The predicted octanol–water partition coefficient (Wildman–Crippen LogP) is 4.05. The fourth-order valence-corrected chi connectivity index (χ4v) is 4.42. The van der Waals surface area contributed by atoms with Crippen molar-refractivity contribution in [2.75, 3.05) is 0 Å². The number of benzene rings is 1. The Bertz CT molecular complexity index is 1490. The standard InChI is InChI=1S/C26H29N9O/c1-4-6-22-17-35(25-28-13-14-33(25)18(3)5-2)26(36)34(22)16-21-15-27-12-11-23(21)19-7-9-20(10-8-19)24-29-31-32-30-24/h7-15,17-18H,4-6,16H2,1-3H3,(H,29,30,31,32). The van der Waals surface area contributed by atoms with Gasteiger partial charge in [0, 0.05) is 48.3 Å². The summed E-state index contributed by atoms with van der Waals surface area (Å²) in [6.45, 7) is 6.80. The molecule has 36 heavy (non-hydrogen) atoms. The van der Waals surface area contributed by atoms with Crippen LogP contribution >= 0.6 is 0 Å². The molecule has 0 aliphatic carbocycles. The lowest BCUT2D eigenvalue weighted by Gasteiger charge is -2.14. The van der Waals surface area contributed by atoms with Crippen molar-refractivity contribution >= 4 is 0 Å². The number of hydrogen-bond donors (Lipinski definition) is 1. The Hall–Kier alpha value is -4.34. The Labute approximate surface area is 208 Å². The molecule has 10 heteroatoms. The van der Waals surface area contributed by atoms with E-state index in [0.29, 0.717) is 18.3 Å². The van der Waals surface area contributed by atoms with Crippen molar-refractivity contribution < 1.29 is 0 Å². The minimum absolute atomic E-state index is 0.0998. The second-order valence-corrected chi connectivity index (χ2v) is 8.86. The summed E-state index contributed by atoms with van der Waals surface area (Å²) in [4.78, 5) is 22.6. The average molecular weight is 484 g/mol. The Morgan fingerprint density at radius 2 is 1.86 bits per heavy atom. The Morgan fingerprint density at radius 3 is 2.58 bits per heavy atom. The van der Waals surface area contributed by atoms with Crippen molar-refractivity contribution in [2.45, 2.75) is 52.6 Å². The second kappa shape index (κ2) is 10.1. The summed E-state index contributed by atoms with van der Waals surface area (Å²) in [6.07, 6.45) is 11.9. The minimum Gasteiger partial charge on any atom is -0.314 e. The fourth-order valence-electron chi connectivity index (χ4n) is 4.42. The van der Waals surface area contributed by atoms with Gasteiger partial charge in [0.25, 0.3) is 0 Å². The van der Waals surface area contributed by atoms with Crippen LogP contribution in [0.4, 0.5) is 0 Å². The first-order valence-corrected chi connectivity index (χ1v) is 12.2.